The van der Waals surface area contributed by atoms with E-state index in [1.807, 2.05) is 31.2 Å². The second-order valence-electron chi connectivity index (χ2n) is 5.34. The highest BCUT2D eigenvalue weighted by Gasteiger charge is 2.35. The quantitative estimate of drug-likeness (QED) is 0.887. The number of aryl methyl sites for hydroxylation is 1. The molecule has 0 saturated heterocycles. The van der Waals surface area contributed by atoms with Gasteiger partial charge in [-0.25, -0.2) is 0 Å². The molecule has 1 saturated carbocycles. The van der Waals surface area contributed by atoms with Crippen LogP contribution in [0.1, 0.15) is 38.2 Å². The Morgan fingerprint density at radius 1 is 1.20 bits per heavy atom. The summed E-state index contributed by atoms with van der Waals surface area (Å²) in [7, 11) is 0. The van der Waals surface area contributed by atoms with E-state index in [0.717, 1.165) is 30.5 Å². The van der Waals surface area contributed by atoms with Crippen LogP contribution in [0.2, 0.25) is 0 Å². The van der Waals surface area contributed by atoms with Crippen molar-refractivity contribution < 1.29 is 14.7 Å². The van der Waals surface area contributed by atoms with E-state index in [0.29, 0.717) is 12.8 Å². The van der Waals surface area contributed by atoms with Gasteiger partial charge in [0, 0.05) is 5.69 Å². The predicted octanol–water partition coefficient (Wildman–Crippen LogP) is 3.08. The zero-order valence-corrected chi connectivity index (χ0v) is 11.8. The van der Waals surface area contributed by atoms with Gasteiger partial charge in [-0.1, -0.05) is 38.0 Å². The molecule has 0 aromatic heterocycles. The van der Waals surface area contributed by atoms with Crippen LogP contribution in [0.5, 0.6) is 0 Å². The Hall–Kier alpha value is -1.84. The van der Waals surface area contributed by atoms with Gasteiger partial charge < -0.3 is 10.4 Å². The lowest BCUT2D eigenvalue weighted by molar-refractivity contribution is -0.147. The van der Waals surface area contributed by atoms with Crippen LogP contribution >= 0.6 is 0 Å². The molecular formula is C16H21NO3. The number of hydrogen-bond acceptors (Lipinski definition) is 2. The minimum absolute atomic E-state index is 0.155. The number of nitrogens with one attached hydrogen (secondary N) is 1. The first-order valence-corrected chi connectivity index (χ1v) is 7.25. The third kappa shape index (κ3) is 3.18. The molecule has 0 aliphatic heterocycles. The molecule has 2 N–H and O–H groups in total. The number of para-hydroxylation sites is 1. The number of aliphatic carboxylic acids is 1. The number of anilines is 1. The molecule has 4 heteroatoms. The molecule has 2 atom stereocenters. The lowest BCUT2D eigenvalue weighted by atomic mass is 9.78. The van der Waals surface area contributed by atoms with E-state index in [1.165, 1.54) is 0 Å². The molecule has 20 heavy (non-hydrogen) atoms. The highest BCUT2D eigenvalue weighted by atomic mass is 16.4. The van der Waals surface area contributed by atoms with Gasteiger partial charge in [0.15, 0.2) is 0 Å². The lowest BCUT2D eigenvalue weighted by Crippen LogP contribution is -2.36. The van der Waals surface area contributed by atoms with Crippen molar-refractivity contribution >= 4 is 17.6 Å². The van der Waals surface area contributed by atoms with Gasteiger partial charge >= 0.3 is 5.97 Å². The monoisotopic (exact) mass is 275 g/mol. The van der Waals surface area contributed by atoms with E-state index in [1.54, 1.807) is 0 Å². The van der Waals surface area contributed by atoms with Crippen LogP contribution in [0.25, 0.3) is 0 Å². The Bertz CT molecular complexity index is 498. The van der Waals surface area contributed by atoms with Crippen molar-refractivity contribution in [2.24, 2.45) is 11.8 Å². The molecule has 0 spiro atoms. The second-order valence-corrected chi connectivity index (χ2v) is 5.34. The first kappa shape index (κ1) is 14.6. The van der Waals surface area contributed by atoms with Crippen molar-refractivity contribution in [3.63, 3.8) is 0 Å². The molecular weight excluding hydrogens is 254 g/mol. The molecule has 0 heterocycles. The fourth-order valence-electron chi connectivity index (χ4n) is 2.92. The van der Waals surface area contributed by atoms with E-state index < -0.39 is 17.8 Å². The molecule has 1 fully saturated rings. The van der Waals surface area contributed by atoms with Gasteiger partial charge in [-0.05, 0) is 30.9 Å². The average Bonchev–Trinajstić information content (AvgIpc) is 2.47. The van der Waals surface area contributed by atoms with Gasteiger partial charge in [0.2, 0.25) is 5.91 Å². The molecule has 108 valence electrons. The SMILES string of the molecule is CCc1ccccc1NC(=O)[C@@H]1CCCC[C@@H]1C(=O)O. The molecule has 0 bridgehead atoms. The summed E-state index contributed by atoms with van der Waals surface area (Å²) < 4.78 is 0. The molecule has 0 unspecified atom stereocenters. The lowest BCUT2D eigenvalue weighted by Gasteiger charge is -2.27. The summed E-state index contributed by atoms with van der Waals surface area (Å²) in [5, 5.41) is 12.2. The Morgan fingerprint density at radius 3 is 2.50 bits per heavy atom. The summed E-state index contributed by atoms with van der Waals surface area (Å²) in [5.74, 6) is -1.96. The standard InChI is InChI=1S/C16H21NO3/c1-2-11-7-3-6-10-14(11)17-15(18)12-8-4-5-9-13(12)16(19)20/h3,6-7,10,12-13H,2,4-5,8-9H2,1H3,(H,17,18)(H,19,20)/t12-,13+/m1/s1. The van der Waals surface area contributed by atoms with Gasteiger partial charge in [-0.15, -0.1) is 0 Å². The Morgan fingerprint density at radius 2 is 1.85 bits per heavy atom. The first-order chi connectivity index (χ1) is 9.63. The molecule has 0 radical (unpaired) electrons. The topological polar surface area (TPSA) is 66.4 Å². The number of rotatable bonds is 4. The Labute approximate surface area is 119 Å². The summed E-state index contributed by atoms with van der Waals surface area (Å²) in [6.45, 7) is 2.03. The van der Waals surface area contributed by atoms with Gasteiger partial charge in [-0.2, -0.15) is 0 Å². The van der Waals surface area contributed by atoms with Crippen molar-refractivity contribution in [2.45, 2.75) is 39.0 Å². The number of carboxylic acid groups (broad SMARTS) is 1. The molecule has 1 aromatic rings. The summed E-state index contributed by atoms with van der Waals surface area (Å²) in [4.78, 5) is 23.6. The van der Waals surface area contributed by atoms with E-state index in [2.05, 4.69) is 5.32 Å². The summed E-state index contributed by atoms with van der Waals surface area (Å²) in [5.41, 5.74) is 1.87. The predicted molar refractivity (Wildman–Crippen MR) is 77.5 cm³/mol. The largest absolute Gasteiger partial charge is 0.481 e. The van der Waals surface area contributed by atoms with E-state index in [4.69, 9.17) is 0 Å². The highest BCUT2D eigenvalue weighted by Crippen LogP contribution is 2.31. The third-order valence-corrected chi connectivity index (χ3v) is 4.08. The van der Waals surface area contributed by atoms with Crippen molar-refractivity contribution in [2.75, 3.05) is 5.32 Å². The summed E-state index contributed by atoms with van der Waals surface area (Å²) in [6, 6.07) is 7.67. The van der Waals surface area contributed by atoms with Crippen LogP contribution in [-0.2, 0) is 16.0 Å². The van der Waals surface area contributed by atoms with Crippen LogP contribution in [0.3, 0.4) is 0 Å². The van der Waals surface area contributed by atoms with Gasteiger partial charge in [0.05, 0.1) is 11.8 Å². The maximum atomic E-state index is 12.4. The van der Waals surface area contributed by atoms with Crippen LogP contribution in [-0.4, -0.2) is 17.0 Å². The molecule has 4 nitrogen and oxygen atoms in total. The second kappa shape index (κ2) is 6.55. The molecule has 2 rings (SSSR count). The number of benzene rings is 1. The number of carboxylic acids is 1. The van der Waals surface area contributed by atoms with Crippen LogP contribution in [0.4, 0.5) is 5.69 Å². The molecule has 1 aromatic carbocycles. The number of carbonyl (C=O) groups excluding carboxylic acids is 1. The fourth-order valence-corrected chi connectivity index (χ4v) is 2.92. The smallest absolute Gasteiger partial charge is 0.307 e. The molecule has 1 amide bonds. The zero-order chi connectivity index (χ0) is 14.5. The van der Waals surface area contributed by atoms with Crippen molar-refractivity contribution in [3.8, 4) is 0 Å². The van der Waals surface area contributed by atoms with E-state index >= 15 is 0 Å². The maximum Gasteiger partial charge on any atom is 0.307 e. The zero-order valence-electron chi connectivity index (χ0n) is 11.8. The highest BCUT2D eigenvalue weighted by molar-refractivity contribution is 5.95. The van der Waals surface area contributed by atoms with Gasteiger partial charge in [0.1, 0.15) is 0 Å². The van der Waals surface area contributed by atoms with Crippen molar-refractivity contribution in [1.82, 2.24) is 0 Å². The van der Waals surface area contributed by atoms with Crippen LogP contribution in [0.15, 0.2) is 24.3 Å². The minimum Gasteiger partial charge on any atom is -0.481 e. The number of carbonyl (C=O) groups is 2. The normalized spacial score (nSPS) is 22.2. The summed E-state index contributed by atoms with van der Waals surface area (Å²) >= 11 is 0. The maximum absolute atomic E-state index is 12.4. The number of amides is 1. The fraction of sp³-hybridized carbons (Fsp3) is 0.500. The van der Waals surface area contributed by atoms with Crippen LogP contribution < -0.4 is 5.32 Å². The minimum atomic E-state index is -0.853. The Balaban J connectivity index is 2.12. The number of hydrogen-bond donors (Lipinski definition) is 2. The van der Waals surface area contributed by atoms with Crippen molar-refractivity contribution in [3.05, 3.63) is 29.8 Å². The van der Waals surface area contributed by atoms with E-state index in [9.17, 15) is 14.7 Å². The van der Waals surface area contributed by atoms with Gasteiger partial charge in [-0.3, -0.25) is 9.59 Å². The molecule has 1 aliphatic carbocycles. The van der Waals surface area contributed by atoms with Crippen molar-refractivity contribution in [1.29, 1.82) is 0 Å². The average molecular weight is 275 g/mol. The first-order valence-electron chi connectivity index (χ1n) is 7.25. The molecule has 1 aliphatic rings. The third-order valence-electron chi connectivity index (χ3n) is 4.08. The van der Waals surface area contributed by atoms with Crippen LogP contribution in [0, 0.1) is 11.8 Å². The summed E-state index contributed by atoms with van der Waals surface area (Å²) in [6.07, 6.45) is 3.92. The van der Waals surface area contributed by atoms with Gasteiger partial charge in [0.25, 0.3) is 0 Å². The Kier molecular flexibility index (Phi) is 4.77. The van der Waals surface area contributed by atoms with E-state index in [-0.39, 0.29) is 5.91 Å².